The summed E-state index contributed by atoms with van der Waals surface area (Å²) in [5.74, 6) is -2.21. The second-order valence-corrected chi connectivity index (χ2v) is 4.68. The van der Waals surface area contributed by atoms with Crippen LogP contribution >= 0.6 is 0 Å². The average molecular weight is 270 g/mol. The van der Waals surface area contributed by atoms with E-state index < -0.39 is 17.0 Å². The molecule has 6 heteroatoms. The lowest BCUT2D eigenvalue weighted by molar-refractivity contribution is -0.130. The average Bonchev–Trinajstić information content (AvgIpc) is 2.43. The molecule has 1 amide bonds. The third kappa shape index (κ3) is 2.90. The number of carbonyl (C=O) groups excluding carboxylic acids is 1. The van der Waals surface area contributed by atoms with E-state index in [4.69, 9.17) is 10.5 Å². The molecule has 1 saturated heterocycles. The lowest BCUT2D eigenvalue weighted by Gasteiger charge is -2.34. The van der Waals surface area contributed by atoms with Gasteiger partial charge < -0.3 is 15.8 Å². The first kappa shape index (κ1) is 13.9. The zero-order valence-corrected chi connectivity index (χ0v) is 10.4. The van der Waals surface area contributed by atoms with Crippen LogP contribution in [0.5, 0.6) is 0 Å². The minimum atomic E-state index is -0.994. The van der Waals surface area contributed by atoms with Gasteiger partial charge in [0.1, 0.15) is 0 Å². The summed E-state index contributed by atoms with van der Waals surface area (Å²) in [6.07, 6.45) is 1.05. The fourth-order valence-corrected chi connectivity index (χ4v) is 2.12. The van der Waals surface area contributed by atoms with E-state index in [0.717, 1.165) is 12.1 Å². The third-order valence-corrected chi connectivity index (χ3v) is 3.50. The summed E-state index contributed by atoms with van der Waals surface area (Å²) < 4.78 is 31.1. The molecule has 104 valence electrons. The van der Waals surface area contributed by atoms with Gasteiger partial charge in [-0.25, -0.2) is 8.78 Å². The molecule has 0 bridgehead atoms. The molecule has 0 spiro atoms. The molecule has 0 aromatic heterocycles. The summed E-state index contributed by atoms with van der Waals surface area (Å²) in [5.41, 5.74) is 5.23. The molecule has 1 fully saturated rings. The number of amides is 1. The third-order valence-electron chi connectivity index (χ3n) is 3.50. The number of carbonyl (C=O) groups is 1. The molecule has 1 aliphatic heterocycles. The van der Waals surface area contributed by atoms with Crippen molar-refractivity contribution >= 4 is 11.6 Å². The van der Waals surface area contributed by atoms with Gasteiger partial charge in [0.25, 0.3) is 0 Å². The van der Waals surface area contributed by atoms with Crippen LogP contribution < -0.4 is 11.1 Å². The lowest BCUT2D eigenvalue weighted by atomic mass is 9.79. The number of rotatable bonds is 3. The number of nitrogens with two attached hydrogens (primary N) is 1. The fraction of sp³-hybridized carbons (Fsp3) is 0.462. The van der Waals surface area contributed by atoms with Gasteiger partial charge in [0.05, 0.1) is 5.41 Å². The topological polar surface area (TPSA) is 64.4 Å². The minimum absolute atomic E-state index is 0.200. The number of hydrogen-bond donors (Lipinski definition) is 2. The first-order valence-electron chi connectivity index (χ1n) is 6.12. The van der Waals surface area contributed by atoms with Gasteiger partial charge in [0.2, 0.25) is 5.91 Å². The van der Waals surface area contributed by atoms with Crippen LogP contribution in [-0.2, 0) is 9.53 Å². The van der Waals surface area contributed by atoms with Crippen LogP contribution in [0.1, 0.15) is 12.8 Å². The Hall–Kier alpha value is -1.53. The number of anilines is 1. The van der Waals surface area contributed by atoms with E-state index in [9.17, 15) is 13.6 Å². The maximum absolute atomic E-state index is 13.1. The van der Waals surface area contributed by atoms with Crippen molar-refractivity contribution in [2.24, 2.45) is 11.1 Å². The molecule has 1 heterocycles. The number of halogens is 2. The highest BCUT2D eigenvalue weighted by atomic mass is 19.2. The van der Waals surface area contributed by atoms with Gasteiger partial charge in [-0.3, -0.25) is 4.79 Å². The van der Waals surface area contributed by atoms with E-state index >= 15 is 0 Å². The Bertz CT molecular complexity index is 474. The number of ether oxygens (including phenoxy) is 1. The molecule has 0 saturated carbocycles. The Labute approximate surface area is 109 Å². The molecule has 3 N–H and O–H groups in total. The van der Waals surface area contributed by atoms with E-state index in [1.165, 1.54) is 6.07 Å². The molecular weight excluding hydrogens is 254 g/mol. The zero-order chi connectivity index (χ0) is 13.9. The van der Waals surface area contributed by atoms with Crippen molar-refractivity contribution in [2.75, 3.05) is 25.1 Å². The van der Waals surface area contributed by atoms with Gasteiger partial charge in [0.15, 0.2) is 11.6 Å². The number of benzene rings is 1. The molecule has 0 unspecified atom stereocenters. The van der Waals surface area contributed by atoms with E-state index in [0.29, 0.717) is 26.1 Å². The van der Waals surface area contributed by atoms with Crippen LogP contribution in [0.15, 0.2) is 18.2 Å². The van der Waals surface area contributed by atoms with Crippen molar-refractivity contribution in [3.63, 3.8) is 0 Å². The first-order valence-corrected chi connectivity index (χ1v) is 6.12. The lowest BCUT2D eigenvalue weighted by Crippen LogP contribution is -2.46. The highest BCUT2D eigenvalue weighted by Crippen LogP contribution is 2.31. The SMILES string of the molecule is NCC1(C(=O)Nc2ccc(F)c(F)c2)CCOCC1. The van der Waals surface area contributed by atoms with Crippen molar-refractivity contribution in [3.8, 4) is 0 Å². The quantitative estimate of drug-likeness (QED) is 0.878. The van der Waals surface area contributed by atoms with Gasteiger partial charge in [-0.15, -0.1) is 0 Å². The van der Waals surface area contributed by atoms with Crippen molar-refractivity contribution < 1.29 is 18.3 Å². The summed E-state index contributed by atoms with van der Waals surface area (Å²) in [5, 5.41) is 2.59. The van der Waals surface area contributed by atoms with Crippen LogP contribution in [0, 0.1) is 17.0 Å². The second kappa shape index (κ2) is 5.63. The Morgan fingerprint density at radius 1 is 1.32 bits per heavy atom. The Morgan fingerprint density at radius 2 is 2.00 bits per heavy atom. The van der Waals surface area contributed by atoms with Gasteiger partial charge in [-0.05, 0) is 25.0 Å². The van der Waals surface area contributed by atoms with Gasteiger partial charge in [0, 0.05) is 31.5 Å². The van der Waals surface area contributed by atoms with Crippen molar-refractivity contribution in [2.45, 2.75) is 12.8 Å². The maximum Gasteiger partial charge on any atom is 0.232 e. The molecular formula is C13H16F2N2O2. The molecule has 4 nitrogen and oxygen atoms in total. The van der Waals surface area contributed by atoms with Crippen LogP contribution in [0.25, 0.3) is 0 Å². The summed E-state index contributed by atoms with van der Waals surface area (Å²) in [7, 11) is 0. The predicted molar refractivity (Wildman–Crippen MR) is 66.5 cm³/mol. The van der Waals surface area contributed by atoms with Crippen molar-refractivity contribution in [1.29, 1.82) is 0 Å². The minimum Gasteiger partial charge on any atom is -0.381 e. The molecule has 1 aromatic carbocycles. The van der Waals surface area contributed by atoms with Crippen LogP contribution in [-0.4, -0.2) is 25.7 Å². The van der Waals surface area contributed by atoms with Gasteiger partial charge >= 0.3 is 0 Å². The largest absolute Gasteiger partial charge is 0.381 e. The van der Waals surface area contributed by atoms with Crippen LogP contribution in [0.2, 0.25) is 0 Å². The molecule has 0 aliphatic carbocycles. The molecule has 1 aromatic rings. The Kier molecular flexibility index (Phi) is 4.11. The smallest absolute Gasteiger partial charge is 0.232 e. The van der Waals surface area contributed by atoms with Crippen molar-refractivity contribution in [3.05, 3.63) is 29.8 Å². The normalized spacial score (nSPS) is 18.1. The van der Waals surface area contributed by atoms with E-state index in [1.807, 2.05) is 0 Å². The summed E-state index contributed by atoms with van der Waals surface area (Å²) in [6.45, 7) is 1.15. The predicted octanol–water partition coefficient (Wildman–Crippen LogP) is 1.66. The van der Waals surface area contributed by atoms with E-state index in [-0.39, 0.29) is 18.1 Å². The molecule has 1 aliphatic rings. The summed E-state index contributed by atoms with van der Waals surface area (Å²) in [4.78, 5) is 12.3. The zero-order valence-electron chi connectivity index (χ0n) is 10.4. The fourth-order valence-electron chi connectivity index (χ4n) is 2.12. The first-order chi connectivity index (χ1) is 9.07. The molecule has 0 radical (unpaired) electrons. The number of nitrogens with one attached hydrogen (secondary N) is 1. The van der Waals surface area contributed by atoms with Crippen LogP contribution in [0.4, 0.5) is 14.5 Å². The van der Waals surface area contributed by atoms with Crippen LogP contribution in [0.3, 0.4) is 0 Å². The molecule has 2 rings (SSSR count). The standard InChI is InChI=1S/C13H16F2N2O2/c14-10-2-1-9(7-11(10)15)17-12(18)13(8-16)3-5-19-6-4-13/h1-2,7H,3-6,8,16H2,(H,17,18). The van der Waals surface area contributed by atoms with E-state index in [1.54, 1.807) is 0 Å². The van der Waals surface area contributed by atoms with Crippen molar-refractivity contribution in [1.82, 2.24) is 0 Å². The Balaban J connectivity index is 2.12. The monoisotopic (exact) mass is 270 g/mol. The number of hydrogen-bond acceptors (Lipinski definition) is 3. The maximum atomic E-state index is 13.1. The molecule has 0 atom stereocenters. The summed E-state index contributed by atoms with van der Waals surface area (Å²) >= 11 is 0. The highest BCUT2D eigenvalue weighted by Gasteiger charge is 2.38. The van der Waals surface area contributed by atoms with Gasteiger partial charge in [-0.1, -0.05) is 0 Å². The Morgan fingerprint density at radius 3 is 2.58 bits per heavy atom. The highest BCUT2D eigenvalue weighted by molar-refractivity contribution is 5.95. The molecule has 19 heavy (non-hydrogen) atoms. The summed E-state index contributed by atoms with van der Waals surface area (Å²) in [6, 6.07) is 3.25. The van der Waals surface area contributed by atoms with E-state index in [2.05, 4.69) is 5.32 Å². The second-order valence-electron chi connectivity index (χ2n) is 4.68. The van der Waals surface area contributed by atoms with Gasteiger partial charge in [-0.2, -0.15) is 0 Å².